The van der Waals surface area contributed by atoms with Gasteiger partial charge < -0.3 is 9.47 Å². The summed E-state index contributed by atoms with van der Waals surface area (Å²) in [5, 5.41) is 0.602. The van der Waals surface area contributed by atoms with Gasteiger partial charge in [0.25, 0.3) is 0 Å². The lowest BCUT2D eigenvalue weighted by atomic mass is 10.0. The summed E-state index contributed by atoms with van der Waals surface area (Å²) in [6, 6.07) is 10.8. The van der Waals surface area contributed by atoms with E-state index in [-0.39, 0.29) is 5.78 Å². The molecule has 5 heteroatoms. The average Bonchev–Trinajstić information content (AvgIpc) is 2.65. The zero-order chi connectivity index (χ0) is 21.6. The largest absolute Gasteiger partial charge is 0.476 e. The van der Waals surface area contributed by atoms with Gasteiger partial charge in [-0.25, -0.2) is 4.79 Å². The van der Waals surface area contributed by atoms with Crippen molar-refractivity contribution in [2.24, 2.45) is 0 Å². The van der Waals surface area contributed by atoms with Crippen LogP contribution >= 0.6 is 11.6 Å². The standard InChI is InChI=1S/C24H27ClO4/c1-6-28-23(27)24(4,5)29-22-16(2)14-18(15-17(22)3)8-7-9-21(26)19-10-12-20(25)13-11-19/h7,9-15H,6,8H2,1-5H3/b9-7+. The number of hydrogen-bond donors (Lipinski definition) is 0. The highest BCUT2D eigenvalue weighted by Gasteiger charge is 2.32. The Morgan fingerprint density at radius 1 is 1.07 bits per heavy atom. The summed E-state index contributed by atoms with van der Waals surface area (Å²) in [7, 11) is 0. The first-order valence-corrected chi connectivity index (χ1v) is 9.94. The number of carbonyl (C=O) groups excluding carboxylic acids is 2. The van der Waals surface area contributed by atoms with Crippen molar-refractivity contribution in [3.63, 3.8) is 0 Å². The number of benzene rings is 2. The maximum absolute atomic E-state index is 12.2. The summed E-state index contributed by atoms with van der Waals surface area (Å²) in [4.78, 5) is 24.3. The van der Waals surface area contributed by atoms with Crippen LogP contribution in [0.5, 0.6) is 5.75 Å². The molecule has 0 N–H and O–H groups in total. The van der Waals surface area contributed by atoms with Crippen LogP contribution in [0.15, 0.2) is 48.6 Å². The van der Waals surface area contributed by atoms with Crippen LogP contribution in [0.1, 0.15) is 47.8 Å². The molecule has 2 aromatic carbocycles. The van der Waals surface area contributed by atoms with Gasteiger partial charge in [0.1, 0.15) is 5.75 Å². The molecule has 0 amide bonds. The Hall–Kier alpha value is -2.59. The third kappa shape index (κ3) is 6.20. The lowest BCUT2D eigenvalue weighted by Crippen LogP contribution is -2.40. The Labute approximate surface area is 177 Å². The second-order valence-electron chi connectivity index (χ2n) is 7.37. The number of ether oxygens (including phenoxy) is 2. The molecule has 2 rings (SSSR count). The van der Waals surface area contributed by atoms with E-state index in [1.165, 1.54) is 0 Å². The van der Waals surface area contributed by atoms with Crippen molar-refractivity contribution >= 4 is 23.4 Å². The number of rotatable bonds is 8. The highest BCUT2D eigenvalue weighted by molar-refractivity contribution is 6.30. The molecular weight excluding hydrogens is 388 g/mol. The fourth-order valence-electron chi connectivity index (χ4n) is 2.93. The fraction of sp³-hybridized carbons (Fsp3) is 0.333. The predicted octanol–water partition coefficient (Wildman–Crippen LogP) is 5.66. The Kier molecular flexibility index (Phi) is 7.63. The number of aryl methyl sites for hydroxylation is 2. The van der Waals surface area contributed by atoms with Gasteiger partial charge in [0, 0.05) is 10.6 Å². The molecule has 4 nitrogen and oxygen atoms in total. The molecule has 0 aliphatic heterocycles. The Morgan fingerprint density at radius 2 is 1.66 bits per heavy atom. The quantitative estimate of drug-likeness (QED) is 0.318. The smallest absolute Gasteiger partial charge is 0.349 e. The van der Waals surface area contributed by atoms with Crippen LogP contribution in [0, 0.1) is 13.8 Å². The summed E-state index contributed by atoms with van der Waals surface area (Å²) in [5.41, 5.74) is 2.44. The van der Waals surface area contributed by atoms with E-state index in [2.05, 4.69) is 0 Å². The number of halogens is 1. The maximum Gasteiger partial charge on any atom is 0.349 e. The van der Waals surface area contributed by atoms with Crippen molar-refractivity contribution in [2.45, 2.75) is 46.6 Å². The first-order chi connectivity index (χ1) is 13.6. The van der Waals surface area contributed by atoms with Gasteiger partial charge in [0.2, 0.25) is 0 Å². The van der Waals surface area contributed by atoms with Crippen LogP contribution in [-0.2, 0) is 16.0 Å². The van der Waals surface area contributed by atoms with Crippen LogP contribution in [0.4, 0.5) is 0 Å². The summed E-state index contributed by atoms with van der Waals surface area (Å²) < 4.78 is 11.1. The van der Waals surface area contributed by atoms with Gasteiger partial charge in [-0.15, -0.1) is 0 Å². The van der Waals surface area contributed by atoms with E-state index >= 15 is 0 Å². The zero-order valence-corrected chi connectivity index (χ0v) is 18.3. The van der Waals surface area contributed by atoms with E-state index in [9.17, 15) is 9.59 Å². The molecule has 0 aromatic heterocycles. The van der Waals surface area contributed by atoms with Crippen molar-refractivity contribution in [1.82, 2.24) is 0 Å². The second kappa shape index (κ2) is 9.75. The van der Waals surface area contributed by atoms with Gasteiger partial charge in [-0.1, -0.05) is 29.8 Å². The summed E-state index contributed by atoms with van der Waals surface area (Å²) in [5.74, 6) is 0.214. The Balaban J connectivity index is 2.09. The van der Waals surface area contributed by atoms with Crippen LogP contribution < -0.4 is 4.74 Å². The van der Waals surface area contributed by atoms with Crippen molar-refractivity contribution < 1.29 is 19.1 Å². The summed E-state index contributed by atoms with van der Waals surface area (Å²) >= 11 is 5.85. The van der Waals surface area contributed by atoms with E-state index in [0.29, 0.717) is 29.4 Å². The highest BCUT2D eigenvalue weighted by atomic mass is 35.5. The number of allylic oxidation sites excluding steroid dienone is 2. The third-order valence-corrected chi connectivity index (χ3v) is 4.65. The van der Waals surface area contributed by atoms with E-state index in [0.717, 1.165) is 16.7 Å². The average molecular weight is 415 g/mol. The van der Waals surface area contributed by atoms with E-state index < -0.39 is 11.6 Å². The van der Waals surface area contributed by atoms with Crippen molar-refractivity contribution in [1.29, 1.82) is 0 Å². The van der Waals surface area contributed by atoms with E-state index in [1.54, 1.807) is 51.1 Å². The van der Waals surface area contributed by atoms with Crippen LogP contribution in [0.3, 0.4) is 0 Å². The van der Waals surface area contributed by atoms with Gasteiger partial charge in [0.05, 0.1) is 6.61 Å². The predicted molar refractivity (Wildman–Crippen MR) is 116 cm³/mol. The van der Waals surface area contributed by atoms with Gasteiger partial charge in [0.15, 0.2) is 11.4 Å². The lowest BCUT2D eigenvalue weighted by Gasteiger charge is -2.26. The lowest BCUT2D eigenvalue weighted by molar-refractivity contribution is -0.158. The minimum absolute atomic E-state index is 0.0637. The molecule has 0 fully saturated rings. The normalized spacial score (nSPS) is 11.5. The second-order valence-corrected chi connectivity index (χ2v) is 7.81. The Morgan fingerprint density at radius 3 is 2.21 bits per heavy atom. The third-order valence-electron chi connectivity index (χ3n) is 4.40. The van der Waals surface area contributed by atoms with Crippen LogP contribution in [-0.4, -0.2) is 24.0 Å². The molecular formula is C24H27ClO4. The molecule has 29 heavy (non-hydrogen) atoms. The van der Waals surface area contributed by atoms with Gasteiger partial charge in [-0.2, -0.15) is 0 Å². The van der Waals surface area contributed by atoms with Gasteiger partial charge in [-0.05, 0) is 88.1 Å². The van der Waals surface area contributed by atoms with Gasteiger partial charge >= 0.3 is 5.97 Å². The molecule has 0 radical (unpaired) electrons. The molecule has 2 aromatic rings. The van der Waals surface area contributed by atoms with E-state index in [4.69, 9.17) is 21.1 Å². The Bertz CT molecular complexity index is 888. The molecule has 0 atom stereocenters. The first-order valence-electron chi connectivity index (χ1n) is 9.57. The molecule has 0 spiro atoms. The molecule has 154 valence electrons. The molecule has 0 aliphatic rings. The fourth-order valence-corrected chi connectivity index (χ4v) is 3.06. The molecule has 0 bridgehead atoms. The summed E-state index contributed by atoms with van der Waals surface area (Å²) in [6.45, 7) is 9.35. The number of hydrogen-bond acceptors (Lipinski definition) is 4. The number of ketones is 1. The van der Waals surface area contributed by atoms with Crippen LogP contribution in [0.25, 0.3) is 0 Å². The summed E-state index contributed by atoms with van der Waals surface area (Å²) in [6.07, 6.45) is 4.03. The zero-order valence-electron chi connectivity index (χ0n) is 17.5. The highest BCUT2D eigenvalue weighted by Crippen LogP contribution is 2.29. The van der Waals surface area contributed by atoms with Crippen molar-refractivity contribution in [3.8, 4) is 5.75 Å². The monoisotopic (exact) mass is 414 g/mol. The SMILES string of the molecule is CCOC(=O)C(C)(C)Oc1c(C)cc(C/C=C/C(=O)c2ccc(Cl)cc2)cc1C. The maximum atomic E-state index is 12.2. The first kappa shape index (κ1) is 22.7. The van der Waals surface area contributed by atoms with Crippen molar-refractivity contribution in [2.75, 3.05) is 6.61 Å². The van der Waals surface area contributed by atoms with Crippen LogP contribution in [0.2, 0.25) is 5.02 Å². The minimum Gasteiger partial charge on any atom is -0.476 e. The minimum atomic E-state index is -1.07. The van der Waals surface area contributed by atoms with E-state index in [1.807, 2.05) is 32.1 Å². The number of carbonyl (C=O) groups is 2. The topological polar surface area (TPSA) is 52.6 Å². The molecule has 0 unspecified atom stereocenters. The molecule has 0 saturated heterocycles. The van der Waals surface area contributed by atoms with Gasteiger partial charge in [-0.3, -0.25) is 4.79 Å². The van der Waals surface area contributed by atoms with Crippen molar-refractivity contribution in [3.05, 3.63) is 75.8 Å². The number of esters is 1. The molecule has 0 saturated carbocycles. The molecule has 0 aliphatic carbocycles. The molecule has 0 heterocycles.